The van der Waals surface area contributed by atoms with Crippen LogP contribution in [0.3, 0.4) is 0 Å². The average Bonchev–Trinajstić information content (AvgIpc) is 3.19. The van der Waals surface area contributed by atoms with Gasteiger partial charge in [-0.1, -0.05) is 12.1 Å². The number of methoxy groups -OCH3 is 1. The van der Waals surface area contributed by atoms with E-state index in [1.165, 1.54) is 26.3 Å². The molecule has 0 unspecified atom stereocenters. The number of hydrogen-bond acceptors (Lipinski definition) is 4. The third-order valence-corrected chi connectivity index (χ3v) is 4.45. The van der Waals surface area contributed by atoms with Crippen LogP contribution >= 0.6 is 0 Å². The summed E-state index contributed by atoms with van der Waals surface area (Å²) < 4.78 is 66.2. The fourth-order valence-electron chi connectivity index (χ4n) is 2.86. The summed E-state index contributed by atoms with van der Waals surface area (Å²) in [4.78, 5) is 13.8. The lowest BCUT2D eigenvalue weighted by molar-refractivity contribution is -0.143. The Hall–Kier alpha value is -3.56. The van der Waals surface area contributed by atoms with Crippen molar-refractivity contribution in [2.45, 2.75) is 6.18 Å². The molecule has 6 nitrogen and oxygen atoms in total. The second-order valence-electron chi connectivity index (χ2n) is 6.52. The number of aromatic nitrogens is 2. The normalized spacial score (nSPS) is 11.3. The van der Waals surface area contributed by atoms with Gasteiger partial charge in [0.2, 0.25) is 0 Å². The predicted octanol–water partition coefficient (Wildman–Crippen LogP) is 4.19. The maximum atomic E-state index is 14.0. The maximum Gasteiger partial charge on any atom is 0.434 e. The molecule has 0 aliphatic heterocycles. The van der Waals surface area contributed by atoms with Crippen molar-refractivity contribution in [3.8, 4) is 17.2 Å². The Kier molecular flexibility index (Phi) is 6.47. The monoisotopic (exact) mass is 437 g/mol. The van der Waals surface area contributed by atoms with Gasteiger partial charge in [0.15, 0.2) is 5.69 Å². The Bertz CT molecular complexity index is 1050. The van der Waals surface area contributed by atoms with Gasteiger partial charge in [0.1, 0.15) is 29.6 Å². The van der Waals surface area contributed by atoms with E-state index in [2.05, 4.69) is 5.10 Å². The van der Waals surface area contributed by atoms with E-state index < -0.39 is 34.8 Å². The molecular weight excluding hydrogens is 418 g/mol. The molecule has 0 aliphatic carbocycles. The molecule has 0 saturated carbocycles. The van der Waals surface area contributed by atoms with Gasteiger partial charge in [-0.05, 0) is 36.4 Å². The minimum Gasteiger partial charge on any atom is -0.497 e. The zero-order valence-electron chi connectivity index (χ0n) is 16.7. The molecular formula is C21H19F4N3O3. The predicted molar refractivity (Wildman–Crippen MR) is 104 cm³/mol. The molecule has 3 aromatic rings. The number of carbonyl (C=O) groups is 1. The van der Waals surface area contributed by atoms with Gasteiger partial charge in [-0.15, -0.1) is 0 Å². The van der Waals surface area contributed by atoms with E-state index in [0.717, 1.165) is 23.2 Å². The van der Waals surface area contributed by atoms with Gasteiger partial charge >= 0.3 is 6.18 Å². The zero-order valence-corrected chi connectivity index (χ0v) is 16.7. The number of amides is 1. The molecule has 10 heteroatoms. The number of carbonyl (C=O) groups excluding carboxylic acids is 1. The molecule has 164 valence electrons. The van der Waals surface area contributed by atoms with Crippen LogP contribution < -0.4 is 9.47 Å². The fourth-order valence-corrected chi connectivity index (χ4v) is 2.86. The number of alkyl halides is 3. The third-order valence-electron chi connectivity index (χ3n) is 4.45. The molecule has 2 aromatic carbocycles. The minimum absolute atomic E-state index is 0.0209. The second-order valence-corrected chi connectivity index (χ2v) is 6.52. The molecule has 0 spiro atoms. The van der Waals surface area contributed by atoms with Gasteiger partial charge in [-0.25, -0.2) is 9.07 Å². The number of likely N-dealkylation sites (N-methyl/N-ethyl adjacent to an activating group) is 1. The van der Waals surface area contributed by atoms with Gasteiger partial charge in [-0.2, -0.15) is 18.3 Å². The molecule has 0 N–H and O–H groups in total. The van der Waals surface area contributed by atoms with E-state index >= 15 is 0 Å². The lowest BCUT2D eigenvalue weighted by Gasteiger charge is -2.19. The standard InChI is InChI=1S/C21H19F4N3O3/c1-27(11-12-31-15-9-7-14(30-2)8-10-15)20(29)16-13-26-28(19(16)21(23,24)25)18-6-4-3-5-17(18)22/h3-10,13H,11-12H2,1-2H3. The Morgan fingerprint density at radius 2 is 1.74 bits per heavy atom. The SMILES string of the molecule is COc1ccc(OCCN(C)C(=O)c2cnn(-c3ccccc3F)c2C(F)(F)F)cc1. The van der Waals surface area contributed by atoms with Crippen molar-refractivity contribution in [2.24, 2.45) is 0 Å². The van der Waals surface area contributed by atoms with Gasteiger partial charge in [0, 0.05) is 7.05 Å². The second kappa shape index (κ2) is 9.07. The minimum atomic E-state index is -4.93. The van der Waals surface area contributed by atoms with Crippen LogP contribution in [0.2, 0.25) is 0 Å². The van der Waals surface area contributed by atoms with E-state index in [0.29, 0.717) is 16.2 Å². The molecule has 0 radical (unpaired) electrons. The van der Waals surface area contributed by atoms with Crippen LogP contribution in [0.5, 0.6) is 11.5 Å². The maximum absolute atomic E-state index is 14.0. The summed E-state index contributed by atoms with van der Waals surface area (Å²) in [6.07, 6.45) is -4.14. The first-order valence-electron chi connectivity index (χ1n) is 9.15. The Morgan fingerprint density at radius 1 is 1.10 bits per heavy atom. The Balaban J connectivity index is 1.76. The largest absolute Gasteiger partial charge is 0.497 e. The molecule has 1 aromatic heterocycles. The van der Waals surface area contributed by atoms with E-state index in [-0.39, 0.29) is 13.2 Å². The van der Waals surface area contributed by atoms with Crippen molar-refractivity contribution in [2.75, 3.05) is 27.3 Å². The summed E-state index contributed by atoms with van der Waals surface area (Å²) in [7, 11) is 2.88. The molecule has 0 atom stereocenters. The molecule has 0 aliphatic rings. The topological polar surface area (TPSA) is 56.6 Å². The lowest BCUT2D eigenvalue weighted by Crippen LogP contribution is -2.32. The summed E-state index contributed by atoms with van der Waals surface area (Å²) in [5.74, 6) is -0.638. The number of halogens is 4. The van der Waals surface area contributed by atoms with Crippen molar-refractivity contribution < 1.29 is 31.8 Å². The highest BCUT2D eigenvalue weighted by Gasteiger charge is 2.41. The van der Waals surface area contributed by atoms with E-state index in [4.69, 9.17) is 9.47 Å². The van der Waals surface area contributed by atoms with Crippen LogP contribution in [0.15, 0.2) is 54.7 Å². The van der Waals surface area contributed by atoms with E-state index in [1.54, 1.807) is 24.3 Å². The van der Waals surface area contributed by atoms with Crippen molar-refractivity contribution in [3.05, 3.63) is 71.8 Å². The van der Waals surface area contributed by atoms with Crippen molar-refractivity contribution in [1.29, 1.82) is 0 Å². The summed E-state index contributed by atoms with van der Waals surface area (Å²) >= 11 is 0. The highest BCUT2D eigenvalue weighted by Crippen LogP contribution is 2.34. The van der Waals surface area contributed by atoms with Gasteiger partial charge in [0.05, 0.1) is 25.4 Å². The molecule has 0 saturated heterocycles. The van der Waals surface area contributed by atoms with Crippen molar-refractivity contribution >= 4 is 5.91 Å². The third kappa shape index (κ3) is 4.96. The van der Waals surface area contributed by atoms with Gasteiger partial charge < -0.3 is 14.4 Å². The molecule has 3 rings (SSSR count). The number of hydrogen-bond donors (Lipinski definition) is 0. The summed E-state index contributed by atoms with van der Waals surface area (Å²) in [5, 5.41) is 3.63. The number of rotatable bonds is 7. The summed E-state index contributed by atoms with van der Waals surface area (Å²) in [6.45, 7) is 0.0738. The number of benzene rings is 2. The van der Waals surface area contributed by atoms with E-state index in [1.807, 2.05) is 0 Å². The molecule has 0 bridgehead atoms. The quantitative estimate of drug-likeness (QED) is 0.520. The van der Waals surface area contributed by atoms with Crippen LogP contribution in [0.4, 0.5) is 17.6 Å². The number of nitrogens with zero attached hydrogens (tertiary/aromatic N) is 3. The first-order chi connectivity index (χ1) is 14.7. The summed E-state index contributed by atoms with van der Waals surface area (Å²) in [6, 6.07) is 11.6. The zero-order chi connectivity index (χ0) is 22.6. The van der Waals surface area contributed by atoms with Gasteiger partial charge in [-0.3, -0.25) is 4.79 Å². The highest BCUT2D eigenvalue weighted by atomic mass is 19.4. The van der Waals surface area contributed by atoms with Crippen molar-refractivity contribution in [1.82, 2.24) is 14.7 Å². The molecule has 31 heavy (non-hydrogen) atoms. The lowest BCUT2D eigenvalue weighted by atomic mass is 10.2. The Morgan fingerprint density at radius 3 is 2.35 bits per heavy atom. The highest BCUT2D eigenvalue weighted by molar-refractivity contribution is 5.95. The van der Waals surface area contributed by atoms with Crippen LogP contribution in [0, 0.1) is 5.82 Å². The van der Waals surface area contributed by atoms with E-state index in [9.17, 15) is 22.4 Å². The smallest absolute Gasteiger partial charge is 0.434 e. The molecule has 1 amide bonds. The Labute approximate surface area is 175 Å². The van der Waals surface area contributed by atoms with Gasteiger partial charge in [0.25, 0.3) is 5.91 Å². The fraction of sp³-hybridized carbons (Fsp3) is 0.238. The van der Waals surface area contributed by atoms with Crippen LogP contribution in [-0.4, -0.2) is 47.9 Å². The number of para-hydroxylation sites is 1. The van der Waals surface area contributed by atoms with Crippen molar-refractivity contribution in [3.63, 3.8) is 0 Å². The molecule has 0 fully saturated rings. The van der Waals surface area contributed by atoms with Crippen LogP contribution in [0.1, 0.15) is 16.1 Å². The van der Waals surface area contributed by atoms with Crippen LogP contribution in [-0.2, 0) is 6.18 Å². The first-order valence-corrected chi connectivity index (χ1v) is 9.15. The first kappa shape index (κ1) is 22.1. The number of ether oxygens (including phenoxy) is 2. The average molecular weight is 437 g/mol. The molecule has 1 heterocycles. The van der Waals surface area contributed by atoms with Crippen LogP contribution in [0.25, 0.3) is 5.69 Å². The summed E-state index contributed by atoms with van der Waals surface area (Å²) in [5.41, 5.74) is -2.42.